The third kappa shape index (κ3) is 4.60. The number of thioether (sulfide) groups is 1. The van der Waals surface area contributed by atoms with Gasteiger partial charge >= 0.3 is 0 Å². The van der Waals surface area contributed by atoms with Crippen LogP contribution >= 0.6 is 11.8 Å². The van der Waals surface area contributed by atoms with E-state index >= 15 is 0 Å². The van der Waals surface area contributed by atoms with Crippen molar-refractivity contribution in [2.24, 2.45) is 16.0 Å². The minimum atomic E-state index is -0.448. The minimum absolute atomic E-state index is 0.0190. The van der Waals surface area contributed by atoms with Crippen molar-refractivity contribution in [3.8, 4) is 11.5 Å². The summed E-state index contributed by atoms with van der Waals surface area (Å²) in [5.74, 6) is 0.960. The summed E-state index contributed by atoms with van der Waals surface area (Å²) in [6.45, 7) is 6.83. The fourth-order valence-electron chi connectivity index (χ4n) is 3.14. The van der Waals surface area contributed by atoms with E-state index in [0.29, 0.717) is 35.4 Å². The van der Waals surface area contributed by atoms with E-state index in [4.69, 9.17) is 14.9 Å². The van der Waals surface area contributed by atoms with Gasteiger partial charge in [-0.1, -0.05) is 50.2 Å². The van der Waals surface area contributed by atoms with Crippen LogP contribution in [-0.4, -0.2) is 33.6 Å². The Balaban J connectivity index is 1.59. The number of ether oxygens (including phenoxy) is 2. The van der Waals surface area contributed by atoms with Crippen LogP contribution in [0.3, 0.4) is 0 Å². The van der Waals surface area contributed by atoms with E-state index in [0.717, 1.165) is 10.6 Å². The third-order valence-corrected chi connectivity index (χ3v) is 5.99. The molecule has 0 radical (unpaired) electrons. The smallest absolute Gasteiger partial charge is 0.283 e. The second-order valence-electron chi connectivity index (χ2n) is 7.53. The molecule has 2 heterocycles. The standard InChI is InChI=1S/C24H24N4O3S/c1-4-30-20-13-17(10-11-19(20)31-14-16-8-6-5-7-9-16)12-18-21(25)28-24(26-22(18)29)32-23(27-28)15(2)3/h5-13,15,25H,4,14H2,1-3H3/b18-12+,25-21?. The van der Waals surface area contributed by atoms with Crippen LogP contribution in [0.5, 0.6) is 11.5 Å². The van der Waals surface area contributed by atoms with Crippen molar-refractivity contribution < 1.29 is 14.3 Å². The lowest BCUT2D eigenvalue weighted by atomic mass is 10.1. The van der Waals surface area contributed by atoms with Crippen molar-refractivity contribution in [1.29, 1.82) is 5.41 Å². The molecule has 2 aromatic carbocycles. The monoisotopic (exact) mass is 448 g/mol. The Morgan fingerprint density at radius 3 is 2.62 bits per heavy atom. The van der Waals surface area contributed by atoms with Gasteiger partial charge < -0.3 is 9.47 Å². The van der Waals surface area contributed by atoms with Crippen molar-refractivity contribution in [3.05, 3.63) is 65.2 Å². The molecular formula is C24H24N4O3S. The molecule has 2 aliphatic heterocycles. The number of amides is 1. The summed E-state index contributed by atoms with van der Waals surface area (Å²) in [7, 11) is 0. The molecule has 1 amide bonds. The number of hydrazone groups is 1. The van der Waals surface area contributed by atoms with Crippen molar-refractivity contribution in [3.63, 3.8) is 0 Å². The summed E-state index contributed by atoms with van der Waals surface area (Å²) in [5, 5.41) is 15.6. The fourth-order valence-corrected chi connectivity index (χ4v) is 4.04. The first-order valence-corrected chi connectivity index (χ1v) is 11.2. The van der Waals surface area contributed by atoms with Crippen LogP contribution in [0.15, 0.2) is 64.2 Å². The molecule has 2 aliphatic rings. The molecule has 0 saturated heterocycles. The van der Waals surface area contributed by atoms with Gasteiger partial charge in [-0.25, -0.2) is 0 Å². The van der Waals surface area contributed by atoms with Crippen LogP contribution in [0.25, 0.3) is 6.08 Å². The second-order valence-corrected chi connectivity index (χ2v) is 8.51. The Hall–Kier alpha value is -3.39. The maximum atomic E-state index is 12.6. The normalized spacial score (nSPS) is 16.9. The number of hydrogen-bond donors (Lipinski definition) is 1. The number of amidine groups is 2. The van der Waals surface area contributed by atoms with E-state index in [1.165, 1.54) is 16.8 Å². The van der Waals surface area contributed by atoms with Gasteiger partial charge in [0.25, 0.3) is 5.91 Å². The molecule has 0 aromatic heterocycles. The topological polar surface area (TPSA) is 87.3 Å². The van der Waals surface area contributed by atoms with Crippen LogP contribution in [0, 0.1) is 11.3 Å². The van der Waals surface area contributed by atoms with Gasteiger partial charge in [0.1, 0.15) is 11.7 Å². The van der Waals surface area contributed by atoms with Crippen LogP contribution in [0.4, 0.5) is 0 Å². The fraction of sp³-hybridized carbons (Fsp3) is 0.250. The van der Waals surface area contributed by atoms with E-state index in [-0.39, 0.29) is 17.3 Å². The Morgan fingerprint density at radius 1 is 1.12 bits per heavy atom. The number of nitrogens with zero attached hydrogens (tertiary/aromatic N) is 3. The number of carbonyl (C=O) groups is 1. The zero-order valence-electron chi connectivity index (χ0n) is 18.2. The van der Waals surface area contributed by atoms with Crippen LogP contribution in [-0.2, 0) is 11.4 Å². The van der Waals surface area contributed by atoms with E-state index in [9.17, 15) is 4.79 Å². The number of nitrogens with one attached hydrogen (secondary N) is 1. The number of benzene rings is 2. The molecule has 7 nitrogen and oxygen atoms in total. The second kappa shape index (κ2) is 9.40. The highest BCUT2D eigenvalue weighted by Gasteiger charge is 2.36. The first-order valence-electron chi connectivity index (χ1n) is 10.4. The number of carbonyl (C=O) groups excluding carboxylic acids is 1. The predicted octanol–water partition coefficient (Wildman–Crippen LogP) is 4.94. The molecule has 0 unspecified atom stereocenters. The minimum Gasteiger partial charge on any atom is -0.490 e. The van der Waals surface area contributed by atoms with Crippen molar-refractivity contribution in [1.82, 2.24) is 5.01 Å². The quantitative estimate of drug-likeness (QED) is 0.606. The lowest BCUT2D eigenvalue weighted by Gasteiger charge is -2.20. The summed E-state index contributed by atoms with van der Waals surface area (Å²) < 4.78 is 11.7. The van der Waals surface area contributed by atoms with Gasteiger partial charge in [-0.15, -0.1) is 0 Å². The van der Waals surface area contributed by atoms with Crippen molar-refractivity contribution >= 4 is 39.8 Å². The van der Waals surface area contributed by atoms with E-state index in [1.807, 2.05) is 63.2 Å². The highest BCUT2D eigenvalue weighted by Crippen LogP contribution is 2.33. The molecule has 164 valence electrons. The first-order chi connectivity index (χ1) is 15.5. The van der Waals surface area contributed by atoms with E-state index < -0.39 is 5.91 Å². The Kier molecular flexibility index (Phi) is 6.41. The van der Waals surface area contributed by atoms with Crippen molar-refractivity contribution in [2.45, 2.75) is 27.4 Å². The zero-order valence-corrected chi connectivity index (χ0v) is 19.0. The number of aliphatic imine (C=N–C) groups is 1. The molecule has 0 bridgehead atoms. The van der Waals surface area contributed by atoms with Gasteiger partial charge in [-0.3, -0.25) is 10.2 Å². The summed E-state index contributed by atoms with van der Waals surface area (Å²) >= 11 is 1.33. The average Bonchev–Trinajstić information content (AvgIpc) is 3.21. The first kappa shape index (κ1) is 21.8. The van der Waals surface area contributed by atoms with E-state index in [2.05, 4.69) is 10.1 Å². The lowest BCUT2D eigenvalue weighted by molar-refractivity contribution is -0.114. The van der Waals surface area contributed by atoms with Gasteiger partial charge in [0.2, 0.25) is 5.17 Å². The molecule has 4 rings (SSSR count). The van der Waals surface area contributed by atoms with Crippen LogP contribution in [0.1, 0.15) is 31.9 Å². The largest absolute Gasteiger partial charge is 0.490 e. The van der Waals surface area contributed by atoms with Gasteiger partial charge in [0, 0.05) is 5.92 Å². The third-order valence-electron chi connectivity index (χ3n) is 4.78. The van der Waals surface area contributed by atoms with E-state index in [1.54, 1.807) is 12.1 Å². The van der Waals surface area contributed by atoms with Gasteiger partial charge in [0.05, 0.1) is 12.2 Å². The number of hydrogen-bond acceptors (Lipinski definition) is 6. The molecule has 0 aliphatic carbocycles. The van der Waals surface area contributed by atoms with Crippen LogP contribution in [0.2, 0.25) is 0 Å². The molecule has 0 spiro atoms. The summed E-state index contributed by atoms with van der Waals surface area (Å²) in [6, 6.07) is 15.3. The molecule has 0 saturated carbocycles. The Labute approximate surface area is 191 Å². The predicted molar refractivity (Wildman–Crippen MR) is 128 cm³/mol. The SMILES string of the molecule is CCOc1cc(/C=C2\C(=N)N3N=C(C(C)C)SC3=NC2=O)ccc1OCc1ccccc1. The van der Waals surface area contributed by atoms with Gasteiger partial charge in [-0.05, 0) is 48.0 Å². The average molecular weight is 449 g/mol. The summed E-state index contributed by atoms with van der Waals surface area (Å²) in [5.41, 5.74) is 1.96. The number of fused-ring (bicyclic) bond motifs is 1. The molecule has 0 atom stereocenters. The molecule has 0 fully saturated rings. The Bertz CT molecular complexity index is 1140. The Morgan fingerprint density at radius 2 is 1.91 bits per heavy atom. The molecule has 8 heteroatoms. The molecule has 1 N–H and O–H groups in total. The molecular weight excluding hydrogens is 424 g/mol. The van der Waals surface area contributed by atoms with Crippen molar-refractivity contribution in [2.75, 3.05) is 6.61 Å². The molecule has 32 heavy (non-hydrogen) atoms. The van der Waals surface area contributed by atoms with Gasteiger partial charge in [0.15, 0.2) is 17.3 Å². The highest BCUT2D eigenvalue weighted by atomic mass is 32.2. The summed E-state index contributed by atoms with van der Waals surface area (Å²) in [4.78, 5) is 16.8. The summed E-state index contributed by atoms with van der Waals surface area (Å²) in [6.07, 6.45) is 1.64. The van der Waals surface area contributed by atoms with Gasteiger partial charge in [-0.2, -0.15) is 15.1 Å². The maximum Gasteiger partial charge on any atom is 0.283 e. The lowest BCUT2D eigenvalue weighted by Crippen LogP contribution is -2.35. The molecule has 2 aromatic rings. The van der Waals surface area contributed by atoms with Crippen LogP contribution < -0.4 is 9.47 Å². The number of rotatable bonds is 7. The zero-order chi connectivity index (χ0) is 22.7. The highest BCUT2D eigenvalue weighted by molar-refractivity contribution is 8.27. The maximum absolute atomic E-state index is 12.6.